The molecule has 242 valence electrons. The van der Waals surface area contributed by atoms with Gasteiger partial charge in [0.1, 0.15) is 58.0 Å². The van der Waals surface area contributed by atoms with Crippen LogP contribution in [0.3, 0.4) is 0 Å². The van der Waals surface area contributed by atoms with Crippen LogP contribution in [-0.4, -0.2) is 144 Å². The smallest absolute Gasteiger partial charge is 0.293 e. The number of halogens is 6. The molecule has 0 rings (SSSR count). The molecular weight excluding hydrogens is 576 g/mol. The van der Waals surface area contributed by atoms with Gasteiger partial charge in [-0.3, -0.25) is 0 Å². The lowest BCUT2D eigenvalue weighted by molar-refractivity contribution is -0.185. The van der Waals surface area contributed by atoms with Crippen molar-refractivity contribution in [3.05, 3.63) is 12.7 Å². The highest BCUT2D eigenvalue weighted by atomic mass is 19.3. The zero-order valence-corrected chi connectivity index (χ0v) is 22.5. The molecule has 0 aliphatic heterocycles. The molecule has 0 saturated carbocycles. The first-order valence-corrected chi connectivity index (χ1v) is 12.4. The van der Waals surface area contributed by atoms with Gasteiger partial charge in [0.05, 0.1) is 65.3 Å². The first-order valence-electron chi connectivity index (χ1n) is 12.4. The van der Waals surface area contributed by atoms with Crippen molar-refractivity contribution in [2.45, 2.75) is 42.5 Å². The fraction of sp³-hybridized carbons (Fsp3) is 0.875. The van der Waals surface area contributed by atoms with Crippen LogP contribution in [0.1, 0.15) is 6.42 Å². The molecule has 3 N–H and O–H groups in total. The number of aliphatic hydroxyl groups is 3. The zero-order chi connectivity index (χ0) is 31.2. The first kappa shape index (κ1) is 39.4. The predicted octanol–water partition coefficient (Wildman–Crippen LogP) is 1.19. The predicted molar refractivity (Wildman–Crippen MR) is 129 cm³/mol. The molecule has 41 heavy (non-hydrogen) atoms. The van der Waals surface area contributed by atoms with Gasteiger partial charge in [-0.05, 0) is 0 Å². The van der Waals surface area contributed by atoms with Gasteiger partial charge in [0.2, 0.25) is 0 Å². The van der Waals surface area contributed by atoms with E-state index in [1.54, 1.807) is 6.07 Å². The summed E-state index contributed by atoms with van der Waals surface area (Å²) in [5.74, 6) is -11.2. The molecule has 0 fully saturated rings. The van der Waals surface area contributed by atoms with Crippen LogP contribution in [0.4, 0.5) is 26.3 Å². The van der Waals surface area contributed by atoms with E-state index in [4.69, 9.17) is 19.5 Å². The van der Waals surface area contributed by atoms with Gasteiger partial charge in [0, 0.05) is 0 Å². The molecule has 3 unspecified atom stereocenters. The third-order valence-corrected chi connectivity index (χ3v) is 4.33. The minimum Gasteiger partial charge on any atom is -0.388 e. The van der Waals surface area contributed by atoms with Gasteiger partial charge in [-0.2, -0.15) is 5.26 Å². The molecule has 0 saturated heterocycles. The van der Waals surface area contributed by atoms with E-state index in [-0.39, 0.29) is 46.1 Å². The second kappa shape index (κ2) is 22.0. The number of rotatable bonds is 28. The molecule has 3 atom stereocenters. The van der Waals surface area contributed by atoms with E-state index < -0.39 is 88.9 Å². The average Bonchev–Trinajstić information content (AvgIpc) is 2.86. The van der Waals surface area contributed by atoms with Crippen molar-refractivity contribution < 1.29 is 74.8 Å². The van der Waals surface area contributed by atoms with E-state index in [0.29, 0.717) is 0 Å². The zero-order valence-electron chi connectivity index (χ0n) is 22.5. The summed E-state index contributed by atoms with van der Waals surface area (Å²) < 4.78 is 115. The number of aliphatic hydroxyl groups excluding tert-OH is 3. The Kier molecular flexibility index (Phi) is 21.2. The monoisotopic (exact) mass is 615 g/mol. The Bertz CT molecular complexity index is 717. The summed E-state index contributed by atoms with van der Waals surface area (Å²) in [5.41, 5.74) is 0. The quantitative estimate of drug-likeness (QED) is 0.0662. The van der Waals surface area contributed by atoms with Crippen molar-refractivity contribution >= 4 is 0 Å². The highest BCUT2D eigenvalue weighted by Crippen LogP contribution is 2.21. The van der Waals surface area contributed by atoms with Gasteiger partial charge < -0.3 is 48.5 Å². The number of alkyl halides is 6. The van der Waals surface area contributed by atoms with E-state index in [9.17, 15) is 41.7 Å². The number of nitrogens with zero attached hydrogens (tertiary/aromatic N) is 1. The molecule has 0 amide bonds. The van der Waals surface area contributed by atoms with Crippen molar-refractivity contribution in [1.29, 1.82) is 5.26 Å². The maximum Gasteiger partial charge on any atom is 0.293 e. The van der Waals surface area contributed by atoms with Crippen molar-refractivity contribution in [2.75, 3.05) is 92.5 Å². The number of nitriles is 1. The van der Waals surface area contributed by atoms with Crippen molar-refractivity contribution in [2.24, 2.45) is 0 Å². The lowest BCUT2D eigenvalue weighted by Gasteiger charge is -2.22. The third-order valence-electron chi connectivity index (χ3n) is 4.33. The average molecular weight is 616 g/mol. The third kappa shape index (κ3) is 24.7. The normalized spacial score (nSPS) is 14.9. The molecule has 0 spiro atoms. The number of hydrogen-bond donors (Lipinski definition) is 3. The van der Waals surface area contributed by atoms with E-state index in [0.717, 1.165) is 0 Å². The SMILES string of the molecule is C=CCOCC(O)COCC(O)COCC(F)(F)COCC(F)(F)COCC(F)(F)COCC(O)COCCC#N. The summed E-state index contributed by atoms with van der Waals surface area (Å²) >= 11 is 0. The standard InChI is InChI=1S/C24H39F6NO10/c1-2-5-35-7-19(32)9-37-10-21(34)12-39-14-23(27,28)16-41-18-24(29,30)17-40-15-22(25,26)13-38-11-20(33)8-36-6-3-4-31/h2,19-21,32-34H,1,3,5-18H2. The molecule has 0 aromatic carbocycles. The van der Waals surface area contributed by atoms with Gasteiger partial charge in [-0.25, -0.2) is 26.3 Å². The molecular formula is C24H39F6NO10. The van der Waals surface area contributed by atoms with Crippen LogP contribution in [0.2, 0.25) is 0 Å². The lowest BCUT2D eigenvalue weighted by atomic mass is 10.3. The lowest BCUT2D eigenvalue weighted by Crippen LogP contribution is -2.38. The molecule has 0 radical (unpaired) electrons. The summed E-state index contributed by atoms with van der Waals surface area (Å²) in [6.45, 7) is -6.75. The molecule has 0 aliphatic rings. The van der Waals surface area contributed by atoms with Crippen LogP contribution in [0.15, 0.2) is 12.7 Å². The molecule has 0 aromatic heterocycles. The summed E-state index contributed by atoms with van der Waals surface area (Å²) in [6, 6.07) is 1.80. The fourth-order valence-electron chi connectivity index (χ4n) is 2.62. The van der Waals surface area contributed by atoms with E-state index in [2.05, 4.69) is 25.5 Å². The van der Waals surface area contributed by atoms with Crippen LogP contribution < -0.4 is 0 Å². The maximum atomic E-state index is 13.8. The molecule has 0 heterocycles. The van der Waals surface area contributed by atoms with Crippen molar-refractivity contribution in [1.82, 2.24) is 0 Å². The highest BCUT2D eigenvalue weighted by Gasteiger charge is 2.37. The Labute approximate surface area is 234 Å². The minimum atomic E-state index is -3.86. The van der Waals surface area contributed by atoms with E-state index in [1.807, 2.05) is 0 Å². The van der Waals surface area contributed by atoms with Gasteiger partial charge in [0.25, 0.3) is 17.8 Å². The molecule has 0 aliphatic carbocycles. The first-order chi connectivity index (χ1) is 19.2. The Hall–Kier alpha value is -1.59. The van der Waals surface area contributed by atoms with E-state index in [1.165, 1.54) is 6.08 Å². The summed E-state index contributed by atoms with van der Waals surface area (Å²) in [6.07, 6.45) is -1.96. The Morgan fingerprint density at radius 2 is 0.927 bits per heavy atom. The second-order valence-corrected chi connectivity index (χ2v) is 8.89. The van der Waals surface area contributed by atoms with Crippen LogP contribution in [0, 0.1) is 11.3 Å². The maximum absolute atomic E-state index is 13.8. The number of hydrogen-bond acceptors (Lipinski definition) is 11. The molecule has 0 aromatic rings. The summed E-state index contributed by atoms with van der Waals surface area (Å²) in [5, 5.41) is 37.0. The van der Waals surface area contributed by atoms with Gasteiger partial charge in [-0.1, -0.05) is 6.08 Å². The summed E-state index contributed by atoms with van der Waals surface area (Å²) in [4.78, 5) is 0. The highest BCUT2D eigenvalue weighted by molar-refractivity contribution is 4.71. The summed E-state index contributed by atoms with van der Waals surface area (Å²) in [7, 11) is 0. The minimum absolute atomic E-state index is 0.0352. The van der Waals surface area contributed by atoms with Crippen molar-refractivity contribution in [3.8, 4) is 6.07 Å². The topological polar surface area (TPSA) is 149 Å². The largest absolute Gasteiger partial charge is 0.388 e. The van der Waals surface area contributed by atoms with Gasteiger partial charge in [-0.15, -0.1) is 6.58 Å². The van der Waals surface area contributed by atoms with Gasteiger partial charge >= 0.3 is 0 Å². The van der Waals surface area contributed by atoms with Crippen LogP contribution in [-0.2, 0) is 33.2 Å². The Balaban J connectivity index is 4.06. The molecule has 0 bridgehead atoms. The molecule has 11 nitrogen and oxygen atoms in total. The Morgan fingerprint density at radius 1 is 0.585 bits per heavy atom. The second-order valence-electron chi connectivity index (χ2n) is 8.89. The Morgan fingerprint density at radius 3 is 1.32 bits per heavy atom. The van der Waals surface area contributed by atoms with Crippen LogP contribution in [0.25, 0.3) is 0 Å². The van der Waals surface area contributed by atoms with Crippen LogP contribution in [0.5, 0.6) is 0 Å². The fourth-order valence-corrected chi connectivity index (χ4v) is 2.62. The van der Waals surface area contributed by atoms with Gasteiger partial charge in [0.15, 0.2) is 0 Å². The van der Waals surface area contributed by atoms with Crippen molar-refractivity contribution in [3.63, 3.8) is 0 Å². The molecule has 17 heteroatoms. The van der Waals surface area contributed by atoms with Crippen LogP contribution >= 0.6 is 0 Å². The number of ether oxygens (including phenoxy) is 7. The van der Waals surface area contributed by atoms with E-state index >= 15 is 0 Å².